The maximum absolute atomic E-state index is 11.7. The summed E-state index contributed by atoms with van der Waals surface area (Å²) in [5, 5.41) is 0. The fraction of sp³-hybridized carbons (Fsp3) is 0.600. The highest BCUT2D eigenvalue weighted by Crippen LogP contribution is 1.89. The smallest absolute Gasteiger partial charge is 0.264 e. The van der Waals surface area contributed by atoms with Crippen LogP contribution in [0.5, 0.6) is 0 Å². The molecule has 0 atom stereocenters. The van der Waals surface area contributed by atoms with Crippen molar-refractivity contribution in [1.82, 2.24) is 9.47 Å². The first-order valence-electron chi connectivity index (χ1n) is 4.96. The van der Waals surface area contributed by atoms with Gasteiger partial charge in [0.05, 0.1) is 7.05 Å². The fourth-order valence-electron chi connectivity index (χ4n) is 1.43. The van der Waals surface area contributed by atoms with Crippen LogP contribution in [0, 0.1) is 0 Å². The maximum atomic E-state index is 11.7. The summed E-state index contributed by atoms with van der Waals surface area (Å²) < 4.78 is 3.82. The minimum absolute atomic E-state index is 0. The number of hydrogen-bond donors (Lipinski definition) is 0. The van der Waals surface area contributed by atoms with Gasteiger partial charge in [-0.25, -0.2) is 9.13 Å². The molecule has 0 saturated carbocycles. The van der Waals surface area contributed by atoms with Crippen LogP contribution in [0.25, 0.3) is 0 Å². The maximum Gasteiger partial charge on any atom is 0.264 e. The SMILES string of the molecule is CCN(CC)C(=O)C[n+]1ccn(C)c1.[Br-]. The first kappa shape index (κ1) is 14.2. The number of carbonyl (C=O) groups is 1. The van der Waals surface area contributed by atoms with Crippen LogP contribution in [0.2, 0.25) is 0 Å². The first-order valence-corrected chi connectivity index (χ1v) is 4.96. The van der Waals surface area contributed by atoms with Crippen LogP contribution >= 0.6 is 0 Å². The minimum atomic E-state index is 0. The highest BCUT2D eigenvalue weighted by atomic mass is 79.9. The van der Waals surface area contributed by atoms with Gasteiger partial charge >= 0.3 is 0 Å². The lowest BCUT2D eigenvalue weighted by Crippen LogP contribution is -3.00. The third kappa shape index (κ3) is 4.03. The van der Waals surface area contributed by atoms with Gasteiger partial charge in [-0.3, -0.25) is 4.79 Å². The number of hydrogen-bond acceptors (Lipinski definition) is 1. The molecule has 0 aliphatic rings. The van der Waals surface area contributed by atoms with Crippen molar-refractivity contribution in [2.75, 3.05) is 13.1 Å². The average Bonchev–Trinajstić information content (AvgIpc) is 2.53. The Balaban J connectivity index is 0.00000196. The summed E-state index contributed by atoms with van der Waals surface area (Å²) in [6, 6.07) is 0. The van der Waals surface area contributed by atoms with Crippen LogP contribution in [0.1, 0.15) is 13.8 Å². The van der Waals surface area contributed by atoms with Crippen molar-refractivity contribution in [2.45, 2.75) is 20.4 Å². The number of aromatic nitrogens is 2. The summed E-state index contributed by atoms with van der Waals surface area (Å²) in [5.41, 5.74) is 0. The van der Waals surface area contributed by atoms with Crippen molar-refractivity contribution >= 4 is 5.91 Å². The monoisotopic (exact) mass is 275 g/mol. The number of carbonyl (C=O) groups excluding carboxylic acids is 1. The highest BCUT2D eigenvalue weighted by Gasteiger charge is 2.12. The predicted molar refractivity (Wildman–Crippen MR) is 53.5 cm³/mol. The fourth-order valence-corrected chi connectivity index (χ4v) is 1.43. The molecule has 0 aliphatic heterocycles. The largest absolute Gasteiger partial charge is 1.00 e. The Hall–Kier alpha value is -0.840. The zero-order chi connectivity index (χ0) is 10.6. The summed E-state index contributed by atoms with van der Waals surface area (Å²) in [5.74, 6) is 0.172. The van der Waals surface area contributed by atoms with Gasteiger partial charge in [0.25, 0.3) is 5.91 Å². The van der Waals surface area contributed by atoms with E-state index in [1.807, 2.05) is 53.7 Å². The summed E-state index contributed by atoms with van der Waals surface area (Å²) in [4.78, 5) is 13.5. The number of halogens is 1. The van der Waals surface area contributed by atoms with Crippen molar-refractivity contribution in [3.8, 4) is 0 Å². The Morgan fingerprint density at radius 1 is 1.40 bits per heavy atom. The van der Waals surface area contributed by atoms with Gasteiger partial charge in [-0.2, -0.15) is 0 Å². The van der Waals surface area contributed by atoms with Crippen molar-refractivity contribution < 1.29 is 26.3 Å². The van der Waals surface area contributed by atoms with Crippen molar-refractivity contribution in [3.63, 3.8) is 0 Å². The lowest BCUT2D eigenvalue weighted by molar-refractivity contribution is -0.684. The Bertz CT molecular complexity index is 307. The molecule has 5 heteroatoms. The van der Waals surface area contributed by atoms with Gasteiger partial charge in [0, 0.05) is 13.1 Å². The molecule has 0 bridgehead atoms. The van der Waals surface area contributed by atoms with Crippen LogP contribution in [0.3, 0.4) is 0 Å². The van der Waals surface area contributed by atoms with Gasteiger partial charge < -0.3 is 21.9 Å². The first-order chi connectivity index (χ1) is 6.67. The number of likely N-dealkylation sites (N-methyl/N-ethyl adjacent to an activating group) is 1. The summed E-state index contributed by atoms with van der Waals surface area (Å²) in [7, 11) is 1.94. The number of aryl methyl sites for hydroxylation is 1. The van der Waals surface area contributed by atoms with Gasteiger partial charge in [0.1, 0.15) is 12.4 Å². The lowest BCUT2D eigenvalue weighted by atomic mass is 10.4. The van der Waals surface area contributed by atoms with Crippen molar-refractivity contribution in [1.29, 1.82) is 0 Å². The zero-order valence-electron chi connectivity index (χ0n) is 9.48. The van der Waals surface area contributed by atoms with Crippen LogP contribution in [0.15, 0.2) is 18.7 Å². The predicted octanol–water partition coefficient (Wildman–Crippen LogP) is -2.81. The van der Waals surface area contributed by atoms with E-state index >= 15 is 0 Å². The van der Waals surface area contributed by atoms with Gasteiger partial charge in [-0.1, -0.05) is 0 Å². The summed E-state index contributed by atoms with van der Waals surface area (Å²) in [6.45, 7) is 5.99. The van der Waals surface area contributed by atoms with E-state index in [0.717, 1.165) is 13.1 Å². The Morgan fingerprint density at radius 2 is 2.00 bits per heavy atom. The molecule has 4 nitrogen and oxygen atoms in total. The summed E-state index contributed by atoms with van der Waals surface area (Å²) in [6.07, 6.45) is 5.73. The third-order valence-corrected chi connectivity index (χ3v) is 2.26. The molecule has 1 heterocycles. The normalized spacial score (nSPS) is 9.53. The van der Waals surface area contributed by atoms with E-state index in [1.54, 1.807) is 0 Å². The van der Waals surface area contributed by atoms with Crippen molar-refractivity contribution in [2.24, 2.45) is 7.05 Å². The van der Waals surface area contributed by atoms with Gasteiger partial charge in [0.2, 0.25) is 6.33 Å². The van der Waals surface area contributed by atoms with E-state index in [4.69, 9.17) is 0 Å². The molecule has 0 radical (unpaired) electrons. The van der Waals surface area contributed by atoms with E-state index in [2.05, 4.69) is 0 Å². The quantitative estimate of drug-likeness (QED) is 0.546. The third-order valence-electron chi connectivity index (χ3n) is 2.26. The van der Waals surface area contributed by atoms with Gasteiger partial charge in [-0.15, -0.1) is 0 Å². The molecule has 1 aromatic heterocycles. The van der Waals surface area contributed by atoms with Gasteiger partial charge in [-0.05, 0) is 13.8 Å². The van der Waals surface area contributed by atoms with Crippen LogP contribution in [-0.2, 0) is 18.4 Å². The number of rotatable bonds is 4. The standard InChI is InChI=1S/C10H18N3O.BrH/c1-4-13(5-2)10(14)8-12-7-6-11(3)9-12;/h6-7,9H,4-5,8H2,1-3H3;1H/q+1;/p-1. The molecular formula is C10H18BrN3O. The van der Waals surface area contributed by atoms with Crippen LogP contribution in [-0.4, -0.2) is 28.5 Å². The second-order valence-electron chi connectivity index (χ2n) is 3.32. The number of amides is 1. The Morgan fingerprint density at radius 3 is 2.40 bits per heavy atom. The van der Waals surface area contributed by atoms with Crippen LogP contribution in [0.4, 0.5) is 0 Å². The molecule has 86 valence electrons. The molecule has 0 aromatic carbocycles. The number of nitrogens with zero attached hydrogens (tertiary/aromatic N) is 3. The average molecular weight is 276 g/mol. The topological polar surface area (TPSA) is 29.1 Å². The second kappa shape index (κ2) is 6.61. The molecule has 1 aromatic rings. The lowest BCUT2D eigenvalue weighted by Gasteiger charge is -2.16. The van der Waals surface area contributed by atoms with Crippen LogP contribution < -0.4 is 21.5 Å². The zero-order valence-corrected chi connectivity index (χ0v) is 11.1. The highest BCUT2D eigenvalue weighted by molar-refractivity contribution is 5.74. The Kier molecular flexibility index (Phi) is 6.24. The molecule has 15 heavy (non-hydrogen) atoms. The molecule has 0 unspecified atom stereocenters. The van der Waals surface area contributed by atoms with E-state index in [1.165, 1.54) is 0 Å². The van der Waals surface area contributed by atoms with E-state index < -0.39 is 0 Å². The minimum Gasteiger partial charge on any atom is -1.00 e. The Labute approximate surface area is 101 Å². The van der Waals surface area contributed by atoms with Crippen molar-refractivity contribution in [3.05, 3.63) is 18.7 Å². The summed E-state index contributed by atoms with van der Waals surface area (Å²) >= 11 is 0. The van der Waals surface area contributed by atoms with E-state index in [0.29, 0.717) is 6.54 Å². The molecule has 0 spiro atoms. The molecule has 0 aliphatic carbocycles. The van der Waals surface area contributed by atoms with E-state index in [-0.39, 0.29) is 22.9 Å². The van der Waals surface area contributed by atoms with Gasteiger partial charge in [0.15, 0.2) is 6.54 Å². The second-order valence-corrected chi connectivity index (χ2v) is 3.32. The molecule has 0 N–H and O–H groups in total. The molecule has 0 fully saturated rings. The number of imidazole rings is 1. The molecule has 1 rings (SSSR count). The molecule has 1 amide bonds. The van der Waals surface area contributed by atoms with E-state index in [9.17, 15) is 4.79 Å². The molecule has 0 saturated heterocycles. The molecular weight excluding hydrogens is 258 g/mol.